The molecule has 0 aromatic carbocycles. The van der Waals surface area contributed by atoms with Crippen LogP contribution in [0, 0.1) is 12.3 Å². The highest BCUT2D eigenvalue weighted by molar-refractivity contribution is 5.33. The molecule has 0 aliphatic rings. The fourth-order valence-electron chi connectivity index (χ4n) is 0.909. The number of hydrogen-bond acceptors (Lipinski definition) is 4. The van der Waals surface area contributed by atoms with Gasteiger partial charge >= 0.3 is 0 Å². The normalized spacial score (nSPS) is 9.86. The van der Waals surface area contributed by atoms with Gasteiger partial charge in [0.05, 0.1) is 0 Å². The Morgan fingerprint density at radius 3 is 2.86 bits per heavy atom. The van der Waals surface area contributed by atoms with E-state index in [2.05, 4.69) is 15.9 Å². The fourth-order valence-corrected chi connectivity index (χ4v) is 0.909. The van der Waals surface area contributed by atoms with Crippen molar-refractivity contribution in [2.45, 2.75) is 19.8 Å². The summed E-state index contributed by atoms with van der Waals surface area (Å²) in [6, 6.07) is 1.56. The summed E-state index contributed by atoms with van der Waals surface area (Å²) in [6.45, 7) is 4.16. The van der Waals surface area contributed by atoms with Crippen molar-refractivity contribution in [3.8, 4) is 18.2 Å². The average Bonchev–Trinajstić information content (AvgIpc) is 2.14. The van der Waals surface area contributed by atoms with Crippen LogP contribution < -0.4 is 10.5 Å². The number of ether oxygens (including phenoxy) is 1. The summed E-state index contributed by atoms with van der Waals surface area (Å²) < 4.78 is 5.16. The molecule has 0 unspecified atom stereocenters. The van der Waals surface area contributed by atoms with Gasteiger partial charge in [-0.15, -0.1) is 6.42 Å². The van der Waals surface area contributed by atoms with Crippen LogP contribution in [-0.2, 0) is 0 Å². The summed E-state index contributed by atoms with van der Waals surface area (Å²) in [5.74, 6) is 4.07. The van der Waals surface area contributed by atoms with Gasteiger partial charge in [-0.25, -0.2) is 4.98 Å². The molecule has 0 spiro atoms. The number of nitrogens with zero attached hydrogens (tertiary/aromatic N) is 2. The van der Waals surface area contributed by atoms with Crippen molar-refractivity contribution in [2.24, 2.45) is 0 Å². The van der Waals surface area contributed by atoms with Crippen molar-refractivity contribution < 1.29 is 4.74 Å². The minimum absolute atomic E-state index is 0.188. The second-order valence-electron chi connectivity index (χ2n) is 3.14. The highest BCUT2D eigenvalue weighted by atomic mass is 16.5. The third-order valence-electron chi connectivity index (χ3n) is 1.56. The van der Waals surface area contributed by atoms with Gasteiger partial charge in [0.15, 0.2) is 6.61 Å². The van der Waals surface area contributed by atoms with Crippen LogP contribution >= 0.6 is 0 Å². The number of hydrogen-bond donors (Lipinski definition) is 1. The summed E-state index contributed by atoms with van der Waals surface area (Å²) in [7, 11) is 0. The molecule has 4 heteroatoms. The smallest absolute Gasteiger partial charge is 0.219 e. The van der Waals surface area contributed by atoms with E-state index in [1.807, 2.05) is 13.8 Å². The van der Waals surface area contributed by atoms with Gasteiger partial charge in [-0.1, -0.05) is 19.8 Å². The molecule has 2 N–H and O–H groups in total. The Balaban J connectivity index is 2.90. The predicted octanol–water partition coefficient (Wildman–Crippen LogP) is 1.19. The summed E-state index contributed by atoms with van der Waals surface area (Å²) in [5.41, 5.74) is 5.59. The minimum Gasteiger partial charge on any atom is -0.464 e. The van der Waals surface area contributed by atoms with Crippen LogP contribution in [0.2, 0.25) is 0 Å². The van der Waals surface area contributed by atoms with E-state index in [0.29, 0.717) is 17.5 Å². The maximum Gasteiger partial charge on any atom is 0.219 e. The van der Waals surface area contributed by atoms with Crippen molar-refractivity contribution >= 4 is 5.82 Å². The highest BCUT2D eigenvalue weighted by Crippen LogP contribution is 2.16. The third kappa shape index (κ3) is 2.63. The first-order valence-electron chi connectivity index (χ1n) is 4.34. The summed E-state index contributed by atoms with van der Waals surface area (Å²) in [4.78, 5) is 8.24. The van der Waals surface area contributed by atoms with Gasteiger partial charge in [0.25, 0.3) is 0 Å². The van der Waals surface area contributed by atoms with Crippen molar-refractivity contribution in [2.75, 3.05) is 12.3 Å². The topological polar surface area (TPSA) is 61.0 Å². The van der Waals surface area contributed by atoms with Crippen molar-refractivity contribution in [1.82, 2.24) is 9.97 Å². The summed E-state index contributed by atoms with van der Waals surface area (Å²) in [6.07, 6.45) is 5.06. The van der Waals surface area contributed by atoms with Crippen LogP contribution in [-0.4, -0.2) is 16.6 Å². The molecule has 1 aromatic rings. The molecule has 0 saturated heterocycles. The molecule has 1 heterocycles. The maximum atomic E-state index is 5.59. The van der Waals surface area contributed by atoms with Crippen LogP contribution in [0.3, 0.4) is 0 Å². The number of anilines is 1. The van der Waals surface area contributed by atoms with Gasteiger partial charge in [0.1, 0.15) is 11.6 Å². The van der Waals surface area contributed by atoms with E-state index in [9.17, 15) is 0 Å². The SMILES string of the molecule is C#CCOc1cc(N)nc(C(C)C)n1. The third-order valence-corrected chi connectivity index (χ3v) is 1.56. The maximum absolute atomic E-state index is 5.59. The van der Waals surface area contributed by atoms with E-state index < -0.39 is 0 Å². The first kappa shape index (κ1) is 10.3. The molecule has 0 radical (unpaired) electrons. The number of nitrogen functional groups attached to an aromatic ring is 1. The van der Waals surface area contributed by atoms with Crippen molar-refractivity contribution in [1.29, 1.82) is 0 Å². The molecule has 0 aliphatic heterocycles. The van der Waals surface area contributed by atoms with E-state index >= 15 is 0 Å². The number of nitrogens with two attached hydrogens (primary N) is 1. The van der Waals surface area contributed by atoms with E-state index in [1.165, 1.54) is 0 Å². The van der Waals surface area contributed by atoms with Crippen molar-refractivity contribution in [3.63, 3.8) is 0 Å². The molecular formula is C10H13N3O. The van der Waals surface area contributed by atoms with Crippen LogP contribution in [0.1, 0.15) is 25.6 Å². The van der Waals surface area contributed by atoms with Gasteiger partial charge in [0, 0.05) is 12.0 Å². The lowest BCUT2D eigenvalue weighted by Gasteiger charge is -2.07. The zero-order valence-electron chi connectivity index (χ0n) is 8.32. The van der Waals surface area contributed by atoms with E-state index in [0.717, 1.165) is 0 Å². The molecule has 1 rings (SSSR count). The molecule has 0 fully saturated rings. The Morgan fingerprint density at radius 1 is 1.57 bits per heavy atom. The Morgan fingerprint density at radius 2 is 2.29 bits per heavy atom. The summed E-state index contributed by atoms with van der Waals surface area (Å²) >= 11 is 0. The molecule has 0 atom stereocenters. The second-order valence-corrected chi connectivity index (χ2v) is 3.14. The van der Waals surface area contributed by atoms with Crippen molar-refractivity contribution in [3.05, 3.63) is 11.9 Å². The van der Waals surface area contributed by atoms with Gasteiger partial charge < -0.3 is 10.5 Å². The Hall–Kier alpha value is -1.76. The zero-order valence-corrected chi connectivity index (χ0v) is 8.32. The first-order chi connectivity index (χ1) is 6.63. The zero-order chi connectivity index (χ0) is 10.6. The lowest BCUT2D eigenvalue weighted by atomic mass is 10.2. The van der Waals surface area contributed by atoms with Crippen LogP contribution in [0.4, 0.5) is 5.82 Å². The monoisotopic (exact) mass is 191 g/mol. The number of rotatable bonds is 3. The molecule has 0 amide bonds. The van der Waals surface area contributed by atoms with E-state index in [1.54, 1.807) is 6.07 Å². The molecule has 1 aromatic heterocycles. The molecule has 0 saturated carbocycles. The Kier molecular flexibility index (Phi) is 3.29. The summed E-state index contributed by atoms with van der Waals surface area (Å²) in [5, 5.41) is 0. The molecule has 0 aliphatic carbocycles. The molecule has 14 heavy (non-hydrogen) atoms. The van der Waals surface area contributed by atoms with Crippen LogP contribution in [0.25, 0.3) is 0 Å². The minimum atomic E-state index is 0.188. The van der Waals surface area contributed by atoms with E-state index in [-0.39, 0.29) is 12.5 Å². The van der Waals surface area contributed by atoms with E-state index in [4.69, 9.17) is 16.9 Å². The quantitative estimate of drug-likeness (QED) is 0.729. The van der Waals surface area contributed by atoms with Crippen LogP contribution in [0.15, 0.2) is 6.07 Å². The largest absolute Gasteiger partial charge is 0.464 e. The molecule has 74 valence electrons. The molecular weight excluding hydrogens is 178 g/mol. The highest BCUT2D eigenvalue weighted by Gasteiger charge is 2.06. The number of terminal acetylenes is 1. The first-order valence-corrected chi connectivity index (χ1v) is 4.34. The average molecular weight is 191 g/mol. The lowest BCUT2D eigenvalue weighted by molar-refractivity contribution is 0.353. The Labute approximate surface area is 83.5 Å². The van der Waals surface area contributed by atoms with Gasteiger partial charge in [-0.3, -0.25) is 0 Å². The number of aromatic nitrogens is 2. The van der Waals surface area contributed by atoms with Gasteiger partial charge in [0.2, 0.25) is 5.88 Å². The van der Waals surface area contributed by atoms with Crippen LogP contribution in [0.5, 0.6) is 5.88 Å². The van der Waals surface area contributed by atoms with Gasteiger partial charge in [-0.05, 0) is 0 Å². The fraction of sp³-hybridized carbons (Fsp3) is 0.400. The Bertz CT molecular complexity index is 355. The standard InChI is InChI=1S/C10H13N3O/c1-4-5-14-9-6-8(11)12-10(13-9)7(2)3/h1,6-7H,5H2,2-3H3,(H2,11,12,13). The molecule has 0 bridgehead atoms. The second kappa shape index (κ2) is 4.47. The van der Waals surface area contributed by atoms with Gasteiger partial charge in [-0.2, -0.15) is 4.98 Å². The molecule has 4 nitrogen and oxygen atoms in total. The lowest BCUT2D eigenvalue weighted by Crippen LogP contribution is -2.05. The predicted molar refractivity (Wildman–Crippen MR) is 54.9 cm³/mol.